The van der Waals surface area contributed by atoms with Gasteiger partial charge in [0.25, 0.3) is 0 Å². The summed E-state index contributed by atoms with van der Waals surface area (Å²) in [5, 5.41) is 4.10. The van der Waals surface area contributed by atoms with Gasteiger partial charge in [-0.25, -0.2) is 9.59 Å². The lowest BCUT2D eigenvalue weighted by Crippen LogP contribution is -2.36. The van der Waals surface area contributed by atoms with E-state index >= 15 is 0 Å². The Hall–Kier alpha value is -2.63. The molecular formula is C17H20N2O4. The first-order valence-corrected chi connectivity index (χ1v) is 7.36. The van der Waals surface area contributed by atoms with Crippen LogP contribution in [0.15, 0.2) is 40.6 Å². The molecule has 1 unspecified atom stereocenters. The number of aryl methyl sites for hydroxylation is 1. The fourth-order valence-electron chi connectivity index (χ4n) is 2.58. The summed E-state index contributed by atoms with van der Waals surface area (Å²) in [5.74, 6) is -1.67. The molecule has 0 aromatic heterocycles. The molecule has 0 spiro atoms. The summed E-state index contributed by atoms with van der Waals surface area (Å²) in [6.45, 7) is 5.64. The standard InChI is InChI=1S/C17H20N2O4/c1-5-23-16(20)13-11(3)18-19-15(17(21)22-4)14(13)12-9-7-6-8-10(12)2/h6-9,14,18H,5H2,1-4H3. The van der Waals surface area contributed by atoms with E-state index in [2.05, 4.69) is 10.5 Å². The SMILES string of the molecule is CCOC(=O)C1=C(C)NN=C(C(=O)OC)C1c1ccccc1C. The minimum Gasteiger partial charge on any atom is -0.464 e. The number of ether oxygens (including phenoxy) is 2. The molecule has 1 aromatic rings. The molecule has 23 heavy (non-hydrogen) atoms. The Bertz CT molecular complexity index is 692. The van der Waals surface area contributed by atoms with Crippen LogP contribution >= 0.6 is 0 Å². The summed E-state index contributed by atoms with van der Waals surface area (Å²) >= 11 is 0. The van der Waals surface area contributed by atoms with Crippen molar-refractivity contribution < 1.29 is 19.1 Å². The van der Waals surface area contributed by atoms with Gasteiger partial charge in [0.1, 0.15) is 0 Å². The van der Waals surface area contributed by atoms with Crippen LogP contribution in [0.3, 0.4) is 0 Å². The van der Waals surface area contributed by atoms with Crippen LogP contribution in [0.1, 0.15) is 30.9 Å². The van der Waals surface area contributed by atoms with Gasteiger partial charge in [-0.15, -0.1) is 0 Å². The number of rotatable bonds is 4. The number of benzene rings is 1. The van der Waals surface area contributed by atoms with Crippen LogP contribution in [0.5, 0.6) is 0 Å². The second kappa shape index (κ2) is 7.09. The second-order valence-corrected chi connectivity index (χ2v) is 5.15. The summed E-state index contributed by atoms with van der Waals surface area (Å²) < 4.78 is 9.98. The van der Waals surface area contributed by atoms with Crippen LogP contribution in [0.4, 0.5) is 0 Å². The Morgan fingerprint density at radius 2 is 1.91 bits per heavy atom. The number of hydrogen-bond donors (Lipinski definition) is 1. The number of carbonyl (C=O) groups excluding carboxylic acids is 2. The normalized spacial score (nSPS) is 17.2. The Morgan fingerprint density at radius 3 is 2.52 bits per heavy atom. The number of carbonyl (C=O) groups is 2. The lowest BCUT2D eigenvalue weighted by atomic mass is 9.82. The Kier molecular flexibility index (Phi) is 5.16. The van der Waals surface area contributed by atoms with Crippen molar-refractivity contribution in [2.45, 2.75) is 26.7 Å². The van der Waals surface area contributed by atoms with Crippen LogP contribution in [0.2, 0.25) is 0 Å². The Labute approximate surface area is 135 Å². The molecule has 1 N–H and O–H groups in total. The van der Waals surface area contributed by atoms with Crippen LogP contribution in [-0.2, 0) is 19.1 Å². The van der Waals surface area contributed by atoms with E-state index in [1.165, 1.54) is 7.11 Å². The van der Waals surface area contributed by atoms with Crippen LogP contribution in [-0.4, -0.2) is 31.4 Å². The van der Waals surface area contributed by atoms with Gasteiger partial charge in [0, 0.05) is 5.70 Å². The van der Waals surface area contributed by atoms with E-state index in [-0.39, 0.29) is 12.3 Å². The Balaban J connectivity index is 2.60. The van der Waals surface area contributed by atoms with Crippen LogP contribution in [0, 0.1) is 6.92 Å². The van der Waals surface area contributed by atoms with E-state index in [0.717, 1.165) is 11.1 Å². The minimum atomic E-state index is -0.621. The monoisotopic (exact) mass is 316 g/mol. The lowest BCUT2D eigenvalue weighted by Gasteiger charge is -2.27. The molecule has 1 heterocycles. The van der Waals surface area contributed by atoms with Crippen LogP contribution in [0.25, 0.3) is 0 Å². The van der Waals surface area contributed by atoms with Crippen molar-refractivity contribution in [2.75, 3.05) is 13.7 Å². The van der Waals surface area contributed by atoms with Gasteiger partial charge in [-0.3, -0.25) is 5.43 Å². The zero-order valence-electron chi connectivity index (χ0n) is 13.7. The third kappa shape index (κ3) is 3.26. The smallest absolute Gasteiger partial charge is 0.355 e. The zero-order valence-corrected chi connectivity index (χ0v) is 13.7. The molecule has 0 saturated carbocycles. The molecular weight excluding hydrogens is 296 g/mol. The van der Waals surface area contributed by atoms with Crippen molar-refractivity contribution in [1.82, 2.24) is 5.43 Å². The number of hydrogen-bond acceptors (Lipinski definition) is 6. The van der Waals surface area contributed by atoms with Gasteiger partial charge in [-0.05, 0) is 31.9 Å². The molecule has 122 valence electrons. The molecule has 0 bridgehead atoms. The first-order chi connectivity index (χ1) is 11.0. The maximum absolute atomic E-state index is 12.4. The minimum absolute atomic E-state index is 0.135. The highest BCUT2D eigenvalue weighted by Crippen LogP contribution is 2.33. The first kappa shape index (κ1) is 16.7. The van der Waals surface area contributed by atoms with E-state index in [0.29, 0.717) is 11.3 Å². The van der Waals surface area contributed by atoms with Crippen molar-refractivity contribution in [3.05, 3.63) is 46.7 Å². The second-order valence-electron chi connectivity index (χ2n) is 5.15. The van der Waals surface area contributed by atoms with Gasteiger partial charge in [0.15, 0.2) is 5.71 Å². The summed E-state index contributed by atoms with van der Waals surface area (Å²) in [4.78, 5) is 24.6. The Morgan fingerprint density at radius 1 is 1.22 bits per heavy atom. The maximum Gasteiger partial charge on any atom is 0.355 e. The molecule has 0 amide bonds. The predicted molar refractivity (Wildman–Crippen MR) is 85.8 cm³/mol. The van der Waals surface area contributed by atoms with Crippen LogP contribution < -0.4 is 5.43 Å². The topological polar surface area (TPSA) is 77.0 Å². The average molecular weight is 316 g/mol. The predicted octanol–water partition coefficient (Wildman–Crippen LogP) is 2.05. The number of allylic oxidation sites excluding steroid dienone is 1. The molecule has 0 aliphatic carbocycles. The highest BCUT2D eigenvalue weighted by Gasteiger charge is 2.37. The molecule has 0 radical (unpaired) electrons. The molecule has 6 nitrogen and oxygen atoms in total. The van der Waals surface area contributed by atoms with E-state index in [1.807, 2.05) is 31.2 Å². The van der Waals surface area contributed by atoms with Gasteiger partial charge in [0.05, 0.1) is 25.2 Å². The van der Waals surface area contributed by atoms with Gasteiger partial charge in [-0.1, -0.05) is 24.3 Å². The summed E-state index contributed by atoms with van der Waals surface area (Å²) in [7, 11) is 1.29. The third-order valence-electron chi connectivity index (χ3n) is 3.70. The molecule has 1 atom stereocenters. The molecule has 0 saturated heterocycles. The van der Waals surface area contributed by atoms with Crippen molar-refractivity contribution >= 4 is 17.7 Å². The largest absolute Gasteiger partial charge is 0.464 e. The molecule has 1 aliphatic heterocycles. The van der Waals surface area contributed by atoms with E-state index in [1.54, 1.807) is 13.8 Å². The number of nitrogens with one attached hydrogen (secondary N) is 1. The van der Waals surface area contributed by atoms with Gasteiger partial charge in [-0.2, -0.15) is 5.10 Å². The number of methoxy groups -OCH3 is 1. The summed E-state index contributed by atoms with van der Waals surface area (Å²) in [5.41, 5.74) is 5.56. The highest BCUT2D eigenvalue weighted by atomic mass is 16.5. The van der Waals surface area contributed by atoms with E-state index in [4.69, 9.17) is 9.47 Å². The quantitative estimate of drug-likeness (QED) is 0.860. The van der Waals surface area contributed by atoms with E-state index in [9.17, 15) is 9.59 Å². The van der Waals surface area contributed by atoms with Crippen molar-refractivity contribution in [3.8, 4) is 0 Å². The lowest BCUT2D eigenvalue weighted by molar-refractivity contribution is -0.138. The summed E-state index contributed by atoms with van der Waals surface area (Å²) in [6.07, 6.45) is 0. The van der Waals surface area contributed by atoms with Crippen molar-refractivity contribution in [3.63, 3.8) is 0 Å². The fourth-order valence-corrected chi connectivity index (χ4v) is 2.58. The van der Waals surface area contributed by atoms with Crippen molar-refractivity contribution in [1.29, 1.82) is 0 Å². The zero-order chi connectivity index (χ0) is 17.0. The molecule has 6 heteroatoms. The summed E-state index contributed by atoms with van der Waals surface area (Å²) in [6, 6.07) is 7.55. The van der Waals surface area contributed by atoms with Gasteiger partial charge >= 0.3 is 11.9 Å². The number of hydrazone groups is 1. The van der Waals surface area contributed by atoms with Gasteiger partial charge < -0.3 is 9.47 Å². The molecule has 1 aromatic carbocycles. The number of esters is 2. The van der Waals surface area contributed by atoms with Gasteiger partial charge in [0.2, 0.25) is 0 Å². The number of nitrogens with zero attached hydrogens (tertiary/aromatic N) is 1. The average Bonchev–Trinajstić information content (AvgIpc) is 2.54. The van der Waals surface area contributed by atoms with Crippen molar-refractivity contribution in [2.24, 2.45) is 5.10 Å². The van der Waals surface area contributed by atoms with E-state index < -0.39 is 17.9 Å². The fraction of sp³-hybridized carbons (Fsp3) is 0.353. The molecule has 0 fully saturated rings. The molecule has 2 rings (SSSR count). The third-order valence-corrected chi connectivity index (χ3v) is 3.70. The first-order valence-electron chi connectivity index (χ1n) is 7.36. The molecule has 1 aliphatic rings. The maximum atomic E-state index is 12.4. The highest BCUT2D eigenvalue weighted by molar-refractivity contribution is 6.40.